The number of aromatic nitrogens is 2. The van der Waals surface area contributed by atoms with Crippen LogP contribution in [-0.2, 0) is 4.79 Å². The summed E-state index contributed by atoms with van der Waals surface area (Å²) in [7, 11) is 1.51. The maximum atomic E-state index is 11.9. The molecule has 0 fully saturated rings. The molecule has 1 atom stereocenters. The minimum absolute atomic E-state index is 0.205. The van der Waals surface area contributed by atoms with E-state index in [0.717, 1.165) is 0 Å². The number of anilines is 1. The highest BCUT2D eigenvalue weighted by atomic mass is 16.5. The van der Waals surface area contributed by atoms with Gasteiger partial charge in [0.15, 0.2) is 0 Å². The van der Waals surface area contributed by atoms with Crippen molar-refractivity contribution in [3.8, 4) is 5.88 Å². The van der Waals surface area contributed by atoms with Gasteiger partial charge in [0.2, 0.25) is 17.7 Å². The maximum absolute atomic E-state index is 11.9. The van der Waals surface area contributed by atoms with Crippen LogP contribution in [0.4, 0.5) is 5.95 Å². The van der Waals surface area contributed by atoms with Gasteiger partial charge in [-0.05, 0) is 12.3 Å². The van der Waals surface area contributed by atoms with Crippen LogP contribution in [0, 0.1) is 12.3 Å². The molecule has 1 heterocycles. The molecular formula is C12H20N4O2. The summed E-state index contributed by atoms with van der Waals surface area (Å²) in [6.07, 6.45) is 0. The fraction of sp³-hybridized carbons (Fsp3) is 0.583. The summed E-state index contributed by atoms with van der Waals surface area (Å²) in [5.74, 6) is 0.300. The van der Waals surface area contributed by atoms with Crippen molar-refractivity contribution in [3.63, 3.8) is 0 Å². The average Bonchev–Trinajstić information content (AvgIpc) is 2.25. The van der Waals surface area contributed by atoms with Gasteiger partial charge in [0.1, 0.15) is 0 Å². The summed E-state index contributed by atoms with van der Waals surface area (Å²) >= 11 is 0. The van der Waals surface area contributed by atoms with Gasteiger partial charge in [0, 0.05) is 11.8 Å². The Labute approximate surface area is 107 Å². The van der Waals surface area contributed by atoms with Crippen molar-refractivity contribution in [1.29, 1.82) is 0 Å². The van der Waals surface area contributed by atoms with Gasteiger partial charge in [-0.15, -0.1) is 0 Å². The van der Waals surface area contributed by atoms with E-state index >= 15 is 0 Å². The molecule has 1 amide bonds. The van der Waals surface area contributed by atoms with Gasteiger partial charge in [0.25, 0.3) is 0 Å². The molecule has 0 aromatic carbocycles. The number of nitrogens with one attached hydrogen (secondary N) is 1. The molecule has 0 saturated heterocycles. The van der Waals surface area contributed by atoms with Crippen molar-refractivity contribution in [3.05, 3.63) is 11.8 Å². The molecule has 1 aromatic rings. The van der Waals surface area contributed by atoms with Crippen LogP contribution in [0.1, 0.15) is 26.5 Å². The third-order valence-corrected chi connectivity index (χ3v) is 2.49. The Kier molecular flexibility index (Phi) is 4.24. The van der Waals surface area contributed by atoms with Crippen LogP contribution in [0.25, 0.3) is 0 Å². The molecule has 0 spiro atoms. The third-order valence-electron chi connectivity index (χ3n) is 2.49. The molecule has 0 radical (unpaired) electrons. The van der Waals surface area contributed by atoms with Gasteiger partial charge in [-0.3, -0.25) is 10.1 Å². The SMILES string of the molecule is COc1cc(C)nc(NC(=O)C(N)C(C)(C)C)n1. The van der Waals surface area contributed by atoms with Crippen LogP contribution in [0.15, 0.2) is 6.07 Å². The highest BCUT2D eigenvalue weighted by Crippen LogP contribution is 2.18. The summed E-state index contributed by atoms with van der Waals surface area (Å²) in [6.45, 7) is 7.49. The molecule has 6 nitrogen and oxygen atoms in total. The Hall–Kier alpha value is -1.69. The molecule has 100 valence electrons. The molecule has 0 bridgehead atoms. The van der Waals surface area contributed by atoms with Crippen molar-refractivity contribution in [2.24, 2.45) is 11.1 Å². The Morgan fingerprint density at radius 2 is 2.06 bits per heavy atom. The van der Waals surface area contributed by atoms with Gasteiger partial charge in [-0.2, -0.15) is 4.98 Å². The Bertz CT molecular complexity index is 440. The first-order valence-electron chi connectivity index (χ1n) is 5.70. The van der Waals surface area contributed by atoms with E-state index in [9.17, 15) is 4.79 Å². The van der Waals surface area contributed by atoms with Crippen LogP contribution in [-0.4, -0.2) is 29.0 Å². The smallest absolute Gasteiger partial charge is 0.244 e. The maximum Gasteiger partial charge on any atom is 0.244 e. The second-order valence-electron chi connectivity index (χ2n) is 5.21. The largest absolute Gasteiger partial charge is 0.481 e. The van der Waals surface area contributed by atoms with E-state index in [0.29, 0.717) is 11.6 Å². The predicted octanol–water partition coefficient (Wildman–Crippen LogP) is 1.11. The lowest BCUT2D eigenvalue weighted by molar-refractivity contribution is -0.119. The Morgan fingerprint density at radius 1 is 1.44 bits per heavy atom. The molecule has 6 heteroatoms. The van der Waals surface area contributed by atoms with Crippen molar-refractivity contribution in [2.45, 2.75) is 33.7 Å². The molecule has 1 aromatic heterocycles. The zero-order chi connectivity index (χ0) is 13.9. The quantitative estimate of drug-likeness (QED) is 0.840. The number of amides is 1. The fourth-order valence-electron chi connectivity index (χ4n) is 1.28. The minimum atomic E-state index is -0.632. The van der Waals surface area contributed by atoms with Gasteiger partial charge in [-0.1, -0.05) is 20.8 Å². The number of aryl methyl sites for hydroxylation is 1. The van der Waals surface area contributed by atoms with Crippen molar-refractivity contribution < 1.29 is 9.53 Å². The molecule has 1 unspecified atom stereocenters. The molecule has 0 aliphatic rings. The first-order valence-corrected chi connectivity index (χ1v) is 5.70. The van der Waals surface area contributed by atoms with Crippen LogP contribution in [0.5, 0.6) is 5.88 Å². The zero-order valence-corrected chi connectivity index (χ0v) is 11.4. The number of nitrogens with two attached hydrogens (primary N) is 1. The lowest BCUT2D eigenvalue weighted by Gasteiger charge is -2.25. The van der Waals surface area contributed by atoms with E-state index in [2.05, 4.69) is 15.3 Å². The van der Waals surface area contributed by atoms with Crippen molar-refractivity contribution in [1.82, 2.24) is 9.97 Å². The number of rotatable bonds is 3. The van der Waals surface area contributed by atoms with Gasteiger partial charge in [0.05, 0.1) is 13.2 Å². The van der Waals surface area contributed by atoms with E-state index in [1.54, 1.807) is 13.0 Å². The summed E-state index contributed by atoms with van der Waals surface area (Å²) < 4.78 is 5.01. The average molecular weight is 252 g/mol. The van der Waals surface area contributed by atoms with Crippen LogP contribution in [0.2, 0.25) is 0 Å². The summed E-state index contributed by atoms with van der Waals surface area (Å²) in [6, 6.07) is 1.05. The zero-order valence-electron chi connectivity index (χ0n) is 11.4. The molecule has 18 heavy (non-hydrogen) atoms. The first-order chi connectivity index (χ1) is 8.24. The van der Waals surface area contributed by atoms with Gasteiger partial charge < -0.3 is 10.5 Å². The van der Waals surface area contributed by atoms with Crippen LogP contribution in [0.3, 0.4) is 0 Å². The Morgan fingerprint density at radius 3 is 2.56 bits per heavy atom. The van der Waals surface area contributed by atoms with E-state index in [1.165, 1.54) is 7.11 Å². The minimum Gasteiger partial charge on any atom is -0.481 e. The summed E-state index contributed by atoms with van der Waals surface area (Å²) in [4.78, 5) is 20.1. The second kappa shape index (κ2) is 5.30. The number of methoxy groups -OCH3 is 1. The number of carbonyl (C=O) groups excluding carboxylic acids is 1. The summed E-state index contributed by atoms with van der Waals surface area (Å²) in [5.41, 5.74) is 6.24. The Balaban J connectivity index is 2.85. The normalized spacial score (nSPS) is 13.0. The van der Waals surface area contributed by atoms with Crippen molar-refractivity contribution in [2.75, 3.05) is 12.4 Å². The molecule has 0 saturated carbocycles. The molecule has 0 aliphatic carbocycles. The second-order valence-corrected chi connectivity index (χ2v) is 5.21. The monoisotopic (exact) mass is 252 g/mol. The van der Waals surface area contributed by atoms with E-state index in [4.69, 9.17) is 10.5 Å². The van der Waals surface area contributed by atoms with Crippen LogP contribution < -0.4 is 15.8 Å². The summed E-state index contributed by atoms with van der Waals surface area (Å²) in [5, 5.41) is 2.60. The highest BCUT2D eigenvalue weighted by Gasteiger charge is 2.28. The van der Waals surface area contributed by atoms with Gasteiger partial charge >= 0.3 is 0 Å². The number of nitrogens with zero attached hydrogens (tertiary/aromatic N) is 2. The number of ether oxygens (including phenoxy) is 1. The van der Waals surface area contributed by atoms with Crippen LogP contribution >= 0.6 is 0 Å². The molecular weight excluding hydrogens is 232 g/mol. The molecule has 0 aliphatic heterocycles. The van der Waals surface area contributed by atoms with E-state index < -0.39 is 6.04 Å². The number of hydrogen-bond donors (Lipinski definition) is 2. The predicted molar refractivity (Wildman–Crippen MR) is 69.4 cm³/mol. The molecule has 3 N–H and O–H groups in total. The number of carbonyl (C=O) groups is 1. The lowest BCUT2D eigenvalue weighted by atomic mass is 9.87. The standard InChI is InChI=1S/C12H20N4O2/c1-7-6-8(18-5)15-11(14-7)16-10(17)9(13)12(2,3)4/h6,9H,13H2,1-5H3,(H,14,15,16,17). The van der Waals surface area contributed by atoms with E-state index in [1.807, 2.05) is 20.8 Å². The topological polar surface area (TPSA) is 90.1 Å². The first kappa shape index (κ1) is 14.4. The lowest BCUT2D eigenvalue weighted by Crippen LogP contribution is -2.45. The van der Waals surface area contributed by atoms with E-state index in [-0.39, 0.29) is 17.3 Å². The van der Waals surface area contributed by atoms with Crippen molar-refractivity contribution >= 4 is 11.9 Å². The fourth-order valence-corrected chi connectivity index (χ4v) is 1.28. The highest BCUT2D eigenvalue weighted by molar-refractivity contribution is 5.93. The molecule has 1 rings (SSSR count). The third kappa shape index (κ3) is 3.66. The van der Waals surface area contributed by atoms with Gasteiger partial charge in [-0.25, -0.2) is 4.98 Å². The number of hydrogen-bond acceptors (Lipinski definition) is 5.